The fraction of sp³-hybridized carbons (Fsp3) is 0.409. The number of carboxylic acid groups (broad SMARTS) is 3. The second-order valence-corrected chi connectivity index (χ2v) is 7.32. The summed E-state index contributed by atoms with van der Waals surface area (Å²) in [7, 11) is 0. The molecular weight excluding hydrogens is 434 g/mol. The van der Waals surface area contributed by atoms with Gasteiger partial charge in [-0.1, -0.05) is 0 Å². The van der Waals surface area contributed by atoms with Crippen LogP contribution in [0.1, 0.15) is 42.7 Å². The molecule has 0 aliphatic carbocycles. The van der Waals surface area contributed by atoms with Crippen molar-refractivity contribution in [2.45, 2.75) is 38.8 Å². The maximum absolute atomic E-state index is 12.4. The Morgan fingerprint density at radius 1 is 1.06 bits per heavy atom. The Balaban J connectivity index is 0.000000366. The van der Waals surface area contributed by atoms with Gasteiger partial charge in [-0.2, -0.15) is 0 Å². The number of hydrogen-bond acceptors (Lipinski definition) is 7. The van der Waals surface area contributed by atoms with Gasteiger partial charge < -0.3 is 34.7 Å². The van der Waals surface area contributed by atoms with Crippen molar-refractivity contribution in [2.24, 2.45) is 0 Å². The smallest absolute Gasteiger partial charge is 0.306 e. The summed E-state index contributed by atoms with van der Waals surface area (Å²) in [6.07, 6.45) is 2.87. The second kappa shape index (κ2) is 13.1. The summed E-state index contributed by atoms with van der Waals surface area (Å²) in [6.45, 7) is 8.51. The third-order valence-electron chi connectivity index (χ3n) is 4.96. The minimum atomic E-state index is -2.85. The lowest BCUT2D eigenvalue weighted by Gasteiger charge is -2.25. The number of aliphatic hydroxyl groups is 1. The van der Waals surface area contributed by atoms with Crippen LogP contribution >= 0.6 is 0 Å². The first-order chi connectivity index (χ1) is 15.5. The molecule has 180 valence electrons. The number of nitrogens with one attached hydrogen (secondary N) is 1. The number of nitrogens with zero attached hydrogens (tertiary/aromatic N) is 2. The molecule has 0 amide bonds. The lowest BCUT2D eigenvalue weighted by atomic mass is 9.96. The average Bonchev–Trinajstić information content (AvgIpc) is 3.22. The Hall–Kier alpha value is -3.57. The van der Waals surface area contributed by atoms with Crippen molar-refractivity contribution in [2.75, 3.05) is 19.6 Å². The van der Waals surface area contributed by atoms with Crippen LogP contribution in [-0.4, -0.2) is 73.8 Å². The third kappa shape index (κ3) is 8.83. The van der Waals surface area contributed by atoms with Gasteiger partial charge in [0.2, 0.25) is 5.78 Å². The van der Waals surface area contributed by atoms with Gasteiger partial charge in [-0.25, -0.2) is 0 Å². The van der Waals surface area contributed by atoms with E-state index in [1.54, 1.807) is 23.4 Å². The molecule has 0 bridgehead atoms. The number of carbonyl (C=O) groups is 4. The normalized spacial score (nSPS) is 10.9. The zero-order chi connectivity index (χ0) is 25.0. The molecule has 2 rings (SSSR count). The van der Waals surface area contributed by atoms with Crippen LogP contribution in [0, 0.1) is 0 Å². The number of pyridine rings is 1. The van der Waals surface area contributed by atoms with Crippen molar-refractivity contribution in [3.05, 3.63) is 54.1 Å². The van der Waals surface area contributed by atoms with Gasteiger partial charge in [0.1, 0.15) is 5.60 Å². The van der Waals surface area contributed by atoms with E-state index in [0.717, 1.165) is 31.9 Å². The van der Waals surface area contributed by atoms with Crippen LogP contribution in [0.5, 0.6) is 0 Å². The topological polar surface area (TPSA) is 174 Å². The first kappa shape index (κ1) is 27.5. The third-order valence-corrected chi connectivity index (χ3v) is 4.96. The minimum absolute atomic E-state index is 0.0395. The maximum atomic E-state index is 12.4. The van der Waals surface area contributed by atoms with Gasteiger partial charge in [0, 0.05) is 24.2 Å². The number of aromatic nitrogens is 2. The fourth-order valence-electron chi connectivity index (χ4n) is 3.05. The highest BCUT2D eigenvalue weighted by Crippen LogP contribution is 2.14. The molecular formula is C22H29N3O8. The molecule has 2 heterocycles. The van der Waals surface area contributed by atoms with Crippen LogP contribution in [0.15, 0.2) is 42.9 Å². The van der Waals surface area contributed by atoms with Gasteiger partial charge in [-0.3, -0.25) is 19.4 Å². The van der Waals surface area contributed by atoms with Crippen molar-refractivity contribution >= 4 is 23.7 Å². The van der Waals surface area contributed by atoms with Crippen LogP contribution < -0.4 is 10.0 Å². The number of carbonyl (C=O) groups excluding carboxylic acids is 2. The van der Waals surface area contributed by atoms with Gasteiger partial charge in [-0.15, -0.1) is 0 Å². The summed E-state index contributed by atoms with van der Waals surface area (Å²) in [5.74, 6) is -5.31. The standard InChI is InChI=1S/C16H21N3O.C6H8O7/c1-3-18(4-2)11-12-19-10-6-8-15(19)16(20)14-7-5-9-17-13-14;7-3(8)1-6(13,5(11)12)2-4(9)10/h5-10,13H,3-4,11-12H2,1-2H3;13H,1-2H2,(H,7,8)(H,9,10)(H,11,12). The van der Waals surface area contributed by atoms with Crippen molar-refractivity contribution in [3.8, 4) is 0 Å². The maximum Gasteiger partial charge on any atom is 0.306 e. The summed E-state index contributed by atoms with van der Waals surface area (Å²) < 4.78 is 2.04. The molecule has 0 saturated heterocycles. The number of quaternary nitrogens is 1. The highest BCUT2D eigenvalue weighted by molar-refractivity contribution is 6.07. The summed E-state index contributed by atoms with van der Waals surface area (Å²) in [4.78, 5) is 48.3. The predicted octanol–water partition coefficient (Wildman–Crippen LogP) is -1.54. The summed E-state index contributed by atoms with van der Waals surface area (Å²) in [5.41, 5.74) is -1.47. The lowest BCUT2D eigenvalue weighted by molar-refractivity contribution is -0.897. The van der Waals surface area contributed by atoms with Gasteiger partial charge >= 0.3 is 11.9 Å². The van der Waals surface area contributed by atoms with Crippen molar-refractivity contribution in [1.29, 1.82) is 0 Å². The van der Waals surface area contributed by atoms with Gasteiger partial charge in [-0.05, 0) is 38.1 Å². The van der Waals surface area contributed by atoms with E-state index in [4.69, 9.17) is 15.3 Å². The molecule has 4 N–H and O–H groups in total. The van der Waals surface area contributed by atoms with Crippen molar-refractivity contribution < 1.29 is 44.5 Å². The van der Waals surface area contributed by atoms with E-state index in [2.05, 4.69) is 18.8 Å². The lowest BCUT2D eigenvalue weighted by Crippen LogP contribution is -3.11. The highest BCUT2D eigenvalue weighted by Gasteiger charge is 2.34. The molecule has 0 spiro atoms. The molecule has 11 nitrogen and oxygen atoms in total. The van der Waals surface area contributed by atoms with Crippen molar-refractivity contribution in [1.82, 2.24) is 9.55 Å². The van der Waals surface area contributed by atoms with Crippen LogP contribution in [0.2, 0.25) is 0 Å². The van der Waals surface area contributed by atoms with Crippen LogP contribution in [0.3, 0.4) is 0 Å². The molecule has 0 saturated carbocycles. The monoisotopic (exact) mass is 463 g/mol. The first-order valence-corrected chi connectivity index (χ1v) is 10.3. The number of rotatable bonds is 12. The molecule has 0 fully saturated rings. The molecule has 2 aromatic heterocycles. The highest BCUT2D eigenvalue weighted by atomic mass is 16.4. The molecule has 0 atom stereocenters. The molecule has 0 aliphatic rings. The summed E-state index contributed by atoms with van der Waals surface area (Å²) in [5, 5.41) is 35.5. The van der Waals surface area contributed by atoms with Crippen LogP contribution in [0.25, 0.3) is 0 Å². The second-order valence-electron chi connectivity index (χ2n) is 7.32. The van der Waals surface area contributed by atoms with Crippen LogP contribution in [0.4, 0.5) is 0 Å². The Bertz CT molecular complexity index is 922. The minimum Gasteiger partial charge on any atom is -0.547 e. The molecule has 0 aliphatic heterocycles. The van der Waals surface area contributed by atoms with Gasteiger partial charge in [0.05, 0.1) is 50.7 Å². The van der Waals surface area contributed by atoms with Crippen molar-refractivity contribution in [3.63, 3.8) is 0 Å². The van der Waals surface area contributed by atoms with E-state index in [-0.39, 0.29) is 5.78 Å². The molecule has 33 heavy (non-hydrogen) atoms. The Morgan fingerprint density at radius 2 is 1.67 bits per heavy atom. The number of ketones is 1. The average molecular weight is 463 g/mol. The molecule has 2 aromatic rings. The number of likely N-dealkylation sites (N-methyl/N-ethyl adjacent to an activating group) is 1. The van der Waals surface area contributed by atoms with Gasteiger partial charge in [0.25, 0.3) is 0 Å². The quantitative estimate of drug-likeness (QED) is 0.272. The van der Waals surface area contributed by atoms with E-state index in [1.807, 2.05) is 29.0 Å². The van der Waals surface area contributed by atoms with E-state index in [0.29, 0.717) is 5.56 Å². The Morgan fingerprint density at radius 3 is 2.12 bits per heavy atom. The first-order valence-electron chi connectivity index (χ1n) is 10.3. The SMILES string of the molecule is CC[NH+](CC)CCn1cccc1C(=O)c1cccnc1.O=C(O)CC(O)(CC(=O)O)C(=O)[O-]. The Labute approximate surface area is 190 Å². The molecule has 0 radical (unpaired) electrons. The summed E-state index contributed by atoms with van der Waals surface area (Å²) in [6, 6.07) is 7.41. The molecule has 0 unspecified atom stereocenters. The van der Waals surface area contributed by atoms with Crippen LogP contribution in [-0.2, 0) is 20.9 Å². The molecule has 11 heteroatoms. The van der Waals surface area contributed by atoms with Gasteiger partial charge in [0.15, 0.2) is 0 Å². The number of aliphatic carboxylic acids is 3. The number of hydrogen-bond donors (Lipinski definition) is 4. The predicted molar refractivity (Wildman–Crippen MR) is 113 cm³/mol. The zero-order valence-corrected chi connectivity index (χ0v) is 18.6. The summed E-state index contributed by atoms with van der Waals surface area (Å²) >= 11 is 0. The number of carboxylic acids is 3. The van der Waals surface area contributed by atoms with E-state index in [1.165, 1.54) is 0 Å². The van der Waals surface area contributed by atoms with E-state index in [9.17, 15) is 24.3 Å². The Kier molecular flexibility index (Phi) is 10.9. The largest absolute Gasteiger partial charge is 0.547 e. The zero-order valence-electron chi connectivity index (χ0n) is 18.6. The molecule has 0 aromatic carbocycles. The van der Waals surface area contributed by atoms with E-state index >= 15 is 0 Å². The fourth-order valence-corrected chi connectivity index (χ4v) is 3.05. The van der Waals surface area contributed by atoms with E-state index < -0.39 is 36.4 Å².